The van der Waals surface area contributed by atoms with Gasteiger partial charge in [0.25, 0.3) is 0 Å². The van der Waals surface area contributed by atoms with Gasteiger partial charge in [0.1, 0.15) is 0 Å². The molecule has 3 rings (SSSR count). The van der Waals surface area contributed by atoms with E-state index in [2.05, 4.69) is 19.2 Å². The summed E-state index contributed by atoms with van der Waals surface area (Å²) in [6, 6.07) is 0.753. The van der Waals surface area contributed by atoms with Crippen molar-refractivity contribution in [2.24, 2.45) is 35.5 Å². The van der Waals surface area contributed by atoms with Crippen molar-refractivity contribution in [2.45, 2.75) is 45.6 Å². The third-order valence-corrected chi connectivity index (χ3v) is 6.04. The van der Waals surface area contributed by atoms with E-state index in [-0.39, 0.29) is 0 Å². The first-order valence-electron chi connectivity index (χ1n) is 8.00. The van der Waals surface area contributed by atoms with E-state index in [1.165, 1.54) is 19.3 Å². The van der Waals surface area contributed by atoms with Crippen LogP contribution in [-0.2, 0) is 4.74 Å². The first kappa shape index (κ1) is 12.9. The lowest BCUT2D eigenvalue weighted by atomic mass is 9.88. The van der Waals surface area contributed by atoms with E-state index in [0.717, 1.165) is 54.7 Å². The Morgan fingerprint density at radius 1 is 1.22 bits per heavy atom. The van der Waals surface area contributed by atoms with Gasteiger partial charge in [-0.2, -0.15) is 0 Å². The fraction of sp³-hybridized carbons (Fsp3) is 1.00. The Labute approximate surface area is 112 Å². The number of fused-ring (bicyclic) bond motifs is 5. The van der Waals surface area contributed by atoms with Crippen molar-refractivity contribution in [1.29, 1.82) is 0 Å². The molecule has 3 aliphatic carbocycles. The summed E-state index contributed by atoms with van der Waals surface area (Å²) in [5, 5.41) is 3.80. The van der Waals surface area contributed by atoms with Gasteiger partial charge in [-0.3, -0.25) is 0 Å². The molecular formula is C16H29NO. The molecule has 0 aromatic carbocycles. The minimum absolute atomic E-state index is 0.753. The van der Waals surface area contributed by atoms with E-state index in [0.29, 0.717) is 0 Å². The maximum absolute atomic E-state index is 5.26. The van der Waals surface area contributed by atoms with Crippen LogP contribution >= 0.6 is 0 Å². The number of hydrogen-bond acceptors (Lipinski definition) is 2. The molecule has 0 aliphatic heterocycles. The van der Waals surface area contributed by atoms with Gasteiger partial charge in [-0.25, -0.2) is 0 Å². The van der Waals surface area contributed by atoms with Crippen molar-refractivity contribution < 1.29 is 4.74 Å². The molecule has 6 atom stereocenters. The molecule has 2 nitrogen and oxygen atoms in total. The summed E-state index contributed by atoms with van der Waals surface area (Å²) in [6.07, 6.45) is 5.85. The molecule has 0 spiro atoms. The minimum Gasteiger partial charge on any atom is -0.385 e. The van der Waals surface area contributed by atoms with Gasteiger partial charge in [-0.15, -0.1) is 0 Å². The summed E-state index contributed by atoms with van der Waals surface area (Å²) in [5.74, 6) is 6.15. The predicted octanol–water partition coefficient (Wildman–Crippen LogP) is 2.93. The van der Waals surface area contributed by atoms with Crippen LogP contribution in [0.25, 0.3) is 0 Å². The fourth-order valence-corrected chi connectivity index (χ4v) is 5.31. The van der Waals surface area contributed by atoms with E-state index in [1.54, 1.807) is 6.42 Å². The average molecular weight is 251 g/mol. The molecule has 18 heavy (non-hydrogen) atoms. The molecule has 1 N–H and O–H groups in total. The van der Waals surface area contributed by atoms with Crippen molar-refractivity contribution in [1.82, 2.24) is 5.32 Å². The molecule has 0 heterocycles. The summed E-state index contributed by atoms with van der Waals surface area (Å²) in [6.45, 7) is 6.70. The topological polar surface area (TPSA) is 21.3 Å². The number of hydrogen-bond donors (Lipinski definition) is 1. The quantitative estimate of drug-likeness (QED) is 0.751. The van der Waals surface area contributed by atoms with Gasteiger partial charge in [0, 0.05) is 19.8 Å². The standard InChI is InChI=1S/C16H29NO/c1-4-17-16(10(2)7-8-18-3)15-13-11-5-6-12(9-11)14(13)15/h10-17H,4-9H2,1-3H3. The van der Waals surface area contributed by atoms with Crippen molar-refractivity contribution in [3.05, 3.63) is 0 Å². The largest absolute Gasteiger partial charge is 0.385 e. The lowest BCUT2D eigenvalue weighted by Gasteiger charge is -2.27. The second-order valence-corrected chi connectivity index (χ2v) is 6.91. The Morgan fingerprint density at radius 2 is 1.89 bits per heavy atom. The highest BCUT2D eigenvalue weighted by Crippen LogP contribution is 2.70. The zero-order chi connectivity index (χ0) is 12.7. The molecule has 0 amide bonds. The van der Waals surface area contributed by atoms with Crippen LogP contribution in [0.15, 0.2) is 0 Å². The molecule has 0 radical (unpaired) electrons. The van der Waals surface area contributed by atoms with Crippen molar-refractivity contribution in [3.63, 3.8) is 0 Å². The number of nitrogens with one attached hydrogen (secondary N) is 1. The first-order chi connectivity index (χ1) is 8.77. The average Bonchev–Trinajstić information content (AvgIpc) is 2.80. The van der Waals surface area contributed by atoms with E-state index in [9.17, 15) is 0 Å². The molecule has 0 saturated heterocycles. The number of rotatable bonds is 7. The van der Waals surface area contributed by atoms with E-state index in [4.69, 9.17) is 4.74 Å². The summed E-state index contributed by atoms with van der Waals surface area (Å²) < 4.78 is 5.26. The maximum atomic E-state index is 5.26. The van der Waals surface area contributed by atoms with Crippen LogP contribution in [-0.4, -0.2) is 26.3 Å². The normalized spacial score (nSPS) is 43.8. The Hall–Kier alpha value is -0.0800. The molecule has 0 aromatic rings. The number of ether oxygens (including phenoxy) is 1. The Bertz CT molecular complexity index is 277. The van der Waals surface area contributed by atoms with Crippen LogP contribution in [0.1, 0.15) is 39.5 Å². The second-order valence-electron chi connectivity index (χ2n) is 6.91. The third-order valence-electron chi connectivity index (χ3n) is 6.04. The fourth-order valence-electron chi connectivity index (χ4n) is 5.31. The van der Waals surface area contributed by atoms with Gasteiger partial charge in [-0.05, 0) is 67.7 Å². The van der Waals surface area contributed by atoms with Crippen LogP contribution in [0.3, 0.4) is 0 Å². The van der Waals surface area contributed by atoms with Crippen molar-refractivity contribution in [2.75, 3.05) is 20.3 Å². The first-order valence-corrected chi connectivity index (χ1v) is 8.00. The van der Waals surface area contributed by atoms with Crippen LogP contribution in [0, 0.1) is 35.5 Å². The molecule has 3 aliphatic rings. The number of methoxy groups -OCH3 is 1. The third kappa shape index (κ3) is 2.02. The van der Waals surface area contributed by atoms with Crippen LogP contribution in [0.2, 0.25) is 0 Å². The molecule has 2 bridgehead atoms. The SMILES string of the molecule is CCNC(C(C)CCOC)C1C2C3CCC(C3)C21. The molecule has 3 saturated carbocycles. The summed E-state index contributed by atoms with van der Waals surface area (Å²) in [4.78, 5) is 0. The molecular weight excluding hydrogens is 222 g/mol. The van der Waals surface area contributed by atoms with Gasteiger partial charge in [0.2, 0.25) is 0 Å². The van der Waals surface area contributed by atoms with E-state index in [1.807, 2.05) is 7.11 Å². The predicted molar refractivity (Wildman–Crippen MR) is 74.4 cm³/mol. The minimum atomic E-state index is 0.753. The smallest absolute Gasteiger partial charge is 0.0465 e. The van der Waals surface area contributed by atoms with Crippen LogP contribution < -0.4 is 5.32 Å². The Balaban J connectivity index is 1.61. The van der Waals surface area contributed by atoms with Gasteiger partial charge in [0.05, 0.1) is 0 Å². The van der Waals surface area contributed by atoms with Gasteiger partial charge < -0.3 is 10.1 Å². The van der Waals surface area contributed by atoms with E-state index < -0.39 is 0 Å². The zero-order valence-corrected chi connectivity index (χ0v) is 12.2. The van der Waals surface area contributed by atoms with Gasteiger partial charge >= 0.3 is 0 Å². The van der Waals surface area contributed by atoms with Crippen LogP contribution in [0.4, 0.5) is 0 Å². The highest BCUT2D eigenvalue weighted by atomic mass is 16.5. The molecule has 3 fully saturated rings. The van der Waals surface area contributed by atoms with Gasteiger partial charge in [0.15, 0.2) is 0 Å². The summed E-state index contributed by atoms with van der Waals surface area (Å²) in [5.41, 5.74) is 0. The maximum Gasteiger partial charge on any atom is 0.0465 e. The van der Waals surface area contributed by atoms with Crippen LogP contribution in [0.5, 0.6) is 0 Å². The van der Waals surface area contributed by atoms with Gasteiger partial charge in [-0.1, -0.05) is 13.8 Å². The highest BCUT2D eigenvalue weighted by Gasteiger charge is 2.66. The second kappa shape index (κ2) is 5.13. The van der Waals surface area contributed by atoms with Crippen molar-refractivity contribution >= 4 is 0 Å². The monoisotopic (exact) mass is 251 g/mol. The molecule has 0 aromatic heterocycles. The van der Waals surface area contributed by atoms with E-state index >= 15 is 0 Å². The van der Waals surface area contributed by atoms with Crippen molar-refractivity contribution in [3.8, 4) is 0 Å². The summed E-state index contributed by atoms with van der Waals surface area (Å²) >= 11 is 0. The zero-order valence-electron chi connectivity index (χ0n) is 12.2. The molecule has 104 valence electrons. The highest BCUT2D eigenvalue weighted by molar-refractivity contribution is 5.16. The Morgan fingerprint density at radius 3 is 2.44 bits per heavy atom. The molecule has 6 unspecified atom stereocenters. The summed E-state index contributed by atoms with van der Waals surface area (Å²) in [7, 11) is 1.82. The lowest BCUT2D eigenvalue weighted by molar-refractivity contribution is 0.162. The Kier molecular flexibility index (Phi) is 3.68. The molecule has 2 heteroatoms. The lowest BCUT2D eigenvalue weighted by Crippen LogP contribution is -2.39.